The van der Waals surface area contributed by atoms with Crippen molar-refractivity contribution in [1.82, 2.24) is 69.5 Å². The van der Waals surface area contributed by atoms with Crippen molar-refractivity contribution in [3.8, 4) is 22.3 Å². The lowest BCUT2D eigenvalue weighted by molar-refractivity contribution is -0.138. The van der Waals surface area contributed by atoms with Crippen molar-refractivity contribution in [3.63, 3.8) is 0 Å². The molecule has 12 aromatic heterocycles. The van der Waals surface area contributed by atoms with E-state index in [1.165, 1.54) is 49.0 Å². The zero-order valence-corrected chi connectivity index (χ0v) is 66.5. The van der Waals surface area contributed by atoms with Crippen molar-refractivity contribution in [2.45, 2.75) is 22.1 Å². The summed E-state index contributed by atoms with van der Waals surface area (Å²) in [5, 5.41) is 13.3. The first-order valence-corrected chi connectivity index (χ1v) is 42.0. The fourth-order valence-electron chi connectivity index (χ4n) is 19.9. The van der Waals surface area contributed by atoms with Crippen molar-refractivity contribution in [2.24, 2.45) is 0 Å². The SMILES string of the molecule is FC(F)(F)c1cc2c3c(c1)n1c4cc5ccccc5cc4nc1n3c1nc3cc4ccccc4cc3n21.FC(F)(F)c1ccc(-c2cc3c4c(c2)n2c5cc6ccccc6cc5nc2n4c2nc4cc5ccccc5cc4n32)cc1.c1ccc(Sc2ccc(-c3cc4c5c(c3)n3c6cc7ccccc7cc6nc3n5c3nc5cc6ccccc6cc5n43)cc2)cc1. The molecule has 0 aliphatic carbocycles. The van der Waals surface area contributed by atoms with Crippen LogP contribution < -0.4 is 0 Å². The second kappa shape index (κ2) is 24.7. The van der Waals surface area contributed by atoms with Crippen LogP contribution in [0.3, 0.4) is 0 Å². The first kappa shape index (κ1) is 69.3. The summed E-state index contributed by atoms with van der Waals surface area (Å²) < 4.78 is 101. The topological polar surface area (TPSA) is 117 Å². The van der Waals surface area contributed by atoms with E-state index in [2.05, 4.69) is 214 Å². The van der Waals surface area contributed by atoms with Crippen molar-refractivity contribution in [2.75, 3.05) is 0 Å². The van der Waals surface area contributed by atoms with Crippen LogP contribution in [0.2, 0.25) is 0 Å². The largest absolute Gasteiger partial charge is 0.416 e. The maximum absolute atomic E-state index is 14.2. The zero-order chi connectivity index (χ0) is 83.2. The molecule has 0 saturated carbocycles. The molecule has 594 valence electrons. The molecule has 12 heterocycles. The minimum Gasteiger partial charge on any atom is -0.276 e. The Labute approximate surface area is 707 Å². The Balaban J connectivity index is 0.0000000967. The average Bonchev–Trinajstić information content (AvgIpc) is 1.52. The van der Waals surface area contributed by atoms with Gasteiger partial charge in [0.05, 0.1) is 110 Å². The van der Waals surface area contributed by atoms with E-state index in [1.807, 2.05) is 122 Å². The monoisotopic (exact) mass is 1660 g/mol. The summed E-state index contributed by atoms with van der Waals surface area (Å²) in [5.41, 5.74) is 21.0. The molecule has 0 aliphatic rings. The summed E-state index contributed by atoms with van der Waals surface area (Å²) in [6.45, 7) is 0. The van der Waals surface area contributed by atoms with Crippen LogP contribution in [-0.2, 0) is 12.4 Å². The van der Waals surface area contributed by atoms with Crippen LogP contribution in [-0.4, -0.2) is 69.5 Å². The van der Waals surface area contributed by atoms with Gasteiger partial charge in [-0.25, -0.2) is 43.1 Å². The number of hydrogen-bond acceptors (Lipinski definition) is 7. The van der Waals surface area contributed by atoms with Gasteiger partial charge in [0.15, 0.2) is 0 Å². The normalized spacial score (nSPS) is 12.9. The molecule has 0 amide bonds. The van der Waals surface area contributed by atoms with E-state index in [1.54, 1.807) is 23.9 Å². The number of halogens is 6. The van der Waals surface area contributed by atoms with Gasteiger partial charge in [-0.1, -0.05) is 200 Å². The Morgan fingerprint density at radius 3 is 0.643 bits per heavy atom. The summed E-state index contributed by atoms with van der Waals surface area (Å²) in [6.07, 6.45) is -8.90. The quantitative estimate of drug-likeness (QED) is 0.161. The summed E-state index contributed by atoms with van der Waals surface area (Å²) in [7, 11) is 0. The molecule has 0 unspecified atom stereocenters. The van der Waals surface area contributed by atoms with E-state index >= 15 is 0 Å². The first-order valence-electron chi connectivity index (χ1n) is 41.2. The van der Waals surface area contributed by atoms with Crippen molar-refractivity contribution < 1.29 is 26.3 Å². The molecule has 0 radical (unpaired) electrons. The third-order valence-electron chi connectivity index (χ3n) is 25.6. The molecule has 22 heteroatoms. The lowest BCUT2D eigenvalue weighted by Crippen LogP contribution is -2.05. The lowest BCUT2D eigenvalue weighted by atomic mass is 10.0. The van der Waals surface area contributed by atoms with Crippen LogP contribution in [0.15, 0.2) is 343 Å². The van der Waals surface area contributed by atoms with E-state index in [0.717, 1.165) is 189 Å². The number of hydrogen-bond donors (Lipinski definition) is 0. The molecule has 18 aromatic carbocycles. The molecular weight excluding hydrogens is 1610 g/mol. The lowest BCUT2D eigenvalue weighted by Gasteiger charge is -2.09. The second-order valence-electron chi connectivity index (χ2n) is 32.7. The number of nitrogens with zero attached hydrogens (tertiary/aromatic N) is 15. The van der Waals surface area contributed by atoms with Gasteiger partial charge < -0.3 is 0 Å². The maximum Gasteiger partial charge on any atom is 0.416 e. The van der Waals surface area contributed by atoms with E-state index in [9.17, 15) is 26.3 Å². The van der Waals surface area contributed by atoms with Crippen molar-refractivity contribution in [3.05, 3.63) is 345 Å². The highest BCUT2D eigenvalue weighted by atomic mass is 32.2. The Morgan fingerprint density at radius 1 is 0.183 bits per heavy atom. The fraction of sp³-hybridized carbons (Fsp3) is 0.0192. The third-order valence-corrected chi connectivity index (χ3v) is 26.6. The van der Waals surface area contributed by atoms with Gasteiger partial charge in [-0.3, -0.25) is 26.4 Å². The van der Waals surface area contributed by atoms with Gasteiger partial charge >= 0.3 is 12.4 Å². The number of aromatic nitrogens is 15. The minimum atomic E-state index is -4.51. The van der Waals surface area contributed by atoms with E-state index in [4.69, 9.17) is 29.9 Å². The molecular formula is C104H55F6N15S. The van der Waals surface area contributed by atoms with Crippen LogP contribution in [0.1, 0.15) is 11.1 Å². The Morgan fingerprint density at radius 2 is 0.397 bits per heavy atom. The highest BCUT2D eigenvalue weighted by Crippen LogP contribution is 2.46. The maximum atomic E-state index is 14.2. The minimum absolute atomic E-state index is 0.456. The van der Waals surface area contributed by atoms with Gasteiger partial charge in [-0.2, -0.15) is 26.3 Å². The average molecular weight is 1660 g/mol. The van der Waals surface area contributed by atoms with Gasteiger partial charge in [0.2, 0.25) is 34.7 Å². The van der Waals surface area contributed by atoms with Gasteiger partial charge in [0.1, 0.15) is 16.6 Å². The smallest absolute Gasteiger partial charge is 0.276 e. The van der Waals surface area contributed by atoms with Gasteiger partial charge in [0, 0.05) is 9.79 Å². The third kappa shape index (κ3) is 9.79. The van der Waals surface area contributed by atoms with Crippen LogP contribution >= 0.6 is 11.8 Å². The van der Waals surface area contributed by atoms with Crippen LogP contribution in [0.25, 0.3) is 237 Å². The number of fused-ring (bicyclic) bond motifs is 36. The summed E-state index contributed by atoms with van der Waals surface area (Å²) in [4.78, 5) is 33.0. The molecule has 0 spiro atoms. The first-order chi connectivity index (χ1) is 61.6. The van der Waals surface area contributed by atoms with E-state index < -0.39 is 23.5 Å². The Bertz CT molecular complexity index is 9490. The Kier molecular flexibility index (Phi) is 13.6. The molecule has 0 saturated heterocycles. The van der Waals surface area contributed by atoms with Crippen LogP contribution in [0.5, 0.6) is 0 Å². The zero-order valence-electron chi connectivity index (χ0n) is 65.6. The predicted octanol–water partition coefficient (Wildman–Crippen LogP) is 26.8. The molecule has 0 aliphatic heterocycles. The van der Waals surface area contributed by atoms with Crippen LogP contribution in [0, 0.1) is 0 Å². The molecule has 0 fully saturated rings. The van der Waals surface area contributed by atoms with Gasteiger partial charge in [-0.15, -0.1) is 0 Å². The van der Waals surface area contributed by atoms with Crippen molar-refractivity contribution >= 4 is 227 Å². The van der Waals surface area contributed by atoms with Gasteiger partial charge in [-0.05, 0) is 232 Å². The summed E-state index contributed by atoms with van der Waals surface area (Å²) >= 11 is 1.78. The summed E-state index contributed by atoms with van der Waals surface area (Å²) in [5.74, 6) is 4.33. The molecule has 0 bridgehead atoms. The number of rotatable bonds is 4. The molecule has 30 rings (SSSR count). The van der Waals surface area contributed by atoms with Crippen molar-refractivity contribution in [1.29, 1.82) is 0 Å². The second-order valence-corrected chi connectivity index (χ2v) is 33.9. The van der Waals surface area contributed by atoms with E-state index in [-0.39, 0.29) is 0 Å². The molecule has 126 heavy (non-hydrogen) atoms. The number of benzene rings is 18. The molecule has 0 atom stereocenters. The fourth-order valence-corrected chi connectivity index (χ4v) is 20.7. The van der Waals surface area contributed by atoms with Crippen LogP contribution in [0.4, 0.5) is 26.3 Å². The predicted molar refractivity (Wildman–Crippen MR) is 492 cm³/mol. The highest BCUT2D eigenvalue weighted by Gasteiger charge is 2.36. The molecule has 30 aromatic rings. The van der Waals surface area contributed by atoms with E-state index in [0.29, 0.717) is 33.7 Å². The standard InChI is InChI=1S/C40H23N5S.C35H18F3N5.C29H14F3N5/c1-2-12-30(13-3-1)46-31-16-14-24(15-17-31)29-22-36-38-37(23-29)44-35-21-28-11-7-5-9-26(28)19-33(35)42-40(44)45(38)39-41-32-18-25-8-4-6-10-27(25)20-34(32)43(36)39;36-35(37,38)25-11-9-19(10-12-25)24-17-30-32-31(18-24)42-29-16-23-8-4-2-6-21(23)14-27(29)40-34(42)43(32)33-39-26-13-20-5-1-3-7-22(20)15-28(26)41(30)33;30-29(31,32)19-13-24-26-25(14-19)36-23-12-18-8-4-2-6-16(18)10-21(23)34-28(36)37(26)27-33-20-9-15-5-1-3-7-17(15)11-22(20)35(24)27/h1-23H;1-18H;1-14H. The molecule has 0 N–H and O–H groups in total. The van der Waals surface area contributed by atoms with Gasteiger partial charge in [0.25, 0.3) is 0 Å². The number of imidazole rings is 12. The molecule has 15 nitrogen and oxygen atoms in total. The highest BCUT2D eigenvalue weighted by molar-refractivity contribution is 7.99. The number of alkyl halides is 6. The summed E-state index contributed by atoms with van der Waals surface area (Å²) in [6, 6.07) is 111. The Hall–Kier alpha value is -16.3.